The number of benzene rings is 2. The number of methoxy groups -OCH3 is 1. The maximum atomic E-state index is 13.1. The van der Waals surface area contributed by atoms with Crippen LogP contribution in [0.1, 0.15) is 25.0 Å². The van der Waals surface area contributed by atoms with Gasteiger partial charge in [0.1, 0.15) is 18.7 Å². The molecule has 0 aliphatic carbocycles. The maximum absolute atomic E-state index is 13.1. The van der Waals surface area contributed by atoms with Crippen LogP contribution < -0.4 is 16.5 Å². The summed E-state index contributed by atoms with van der Waals surface area (Å²) < 4.78 is 6.45. The first-order valence-electron chi connectivity index (χ1n) is 12.1. The predicted octanol–water partition coefficient (Wildman–Crippen LogP) is 1.41. The molecular weight excluding hydrogens is 474 g/mol. The van der Waals surface area contributed by atoms with Crippen molar-refractivity contribution in [2.45, 2.75) is 45.0 Å². The number of nitrogens with one attached hydrogen (secondary N) is 2. The van der Waals surface area contributed by atoms with E-state index in [4.69, 9.17) is 5.84 Å². The van der Waals surface area contributed by atoms with Gasteiger partial charge in [-0.15, -0.1) is 10.2 Å². The fourth-order valence-corrected chi connectivity index (χ4v) is 3.92. The van der Waals surface area contributed by atoms with Gasteiger partial charge in [-0.25, -0.2) is 9.80 Å². The smallest absolute Gasteiger partial charge is 0.407 e. The van der Waals surface area contributed by atoms with Gasteiger partial charge in [-0.2, -0.15) is 0 Å². The summed E-state index contributed by atoms with van der Waals surface area (Å²) in [7, 11) is 1.24. The highest BCUT2D eigenvalue weighted by Crippen LogP contribution is 2.13. The third-order valence-corrected chi connectivity index (χ3v) is 5.96. The van der Waals surface area contributed by atoms with Gasteiger partial charge in [0, 0.05) is 18.8 Å². The Morgan fingerprint density at radius 3 is 2.27 bits per heavy atom. The zero-order valence-corrected chi connectivity index (χ0v) is 21.3. The first-order chi connectivity index (χ1) is 17.8. The summed E-state index contributed by atoms with van der Waals surface area (Å²) in [6.07, 6.45) is 1.95. The lowest BCUT2D eigenvalue weighted by Gasteiger charge is -2.30. The highest BCUT2D eigenvalue weighted by Gasteiger charge is 2.30. The molecule has 0 saturated heterocycles. The highest BCUT2D eigenvalue weighted by molar-refractivity contribution is 5.86. The van der Waals surface area contributed by atoms with Crippen molar-refractivity contribution < 1.29 is 19.4 Å². The second-order valence-corrected chi connectivity index (χ2v) is 9.19. The zero-order valence-electron chi connectivity index (χ0n) is 21.3. The minimum atomic E-state index is -0.976. The van der Waals surface area contributed by atoms with Crippen molar-refractivity contribution in [3.63, 3.8) is 0 Å². The lowest BCUT2D eigenvalue weighted by Crippen LogP contribution is -2.56. The molecule has 198 valence electrons. The van der Waals surface area contributed by atoms with Crippen LogP contribution >= 0.6 is 0 Å². The van der Waals surface area contributed by atoms with Crippen molar-refractivity contribution in [3.05, 3.63) is 78.4 Å². The molecule has 37 heavy (non-hydrogen) atoms. The number of nitrogens with two attached hydrogens (primary N) is 1. The standard InChI is InChI=1S/C26H35N7O4/c1-18(2)24(31-26(36)37-3)25(35)30-22(13-19-7-5-4-6-8-19)23(34)15-33(27)14-20-9-11-21(12-10-20)32-16-28-29-17-32/h4-12,16-18,22-24,34H,13-15,27H2,1-3H3,(H,30,35)(H,31,36)/t22?,23?,24-/m0/s1. The molecule has 11 heteroatoms. The van der Waals surface area contributed by atoms with Crippen molar-refractivity contribution in [1.29, 1.82) is 0 Å². The molecule has 0 fully saturated rings. The number of nitrogens with zero attached hydrogens (tertiary/aromatic N) is 4. The number of hydrogen-bond acceptors (Lipinski definition) is 8. The predicted molar refractivity (Wildman–Crippen MR) is 138 cm³/mol. The van der Waals surface area contributed by atoms with Crippen LogP contribution in [0, 0.1) is 5.92 Å². The van der Waals surface area contributed by atoms with E-state index >= 15 is 0 Å². The van der Waals surface area contributed by atoms with Gasteiger partial charge in [0.25, 0.3) is 0 Å². The summed E-state index contributed by atoms with van der Waals surface area (Å²) in [5, 5.41) is 25.7. The number of aliphatic hydroxyl groups is 1. The number of aromatic nitrogens is 3. The van der Waals surface area contributed by atoms with Crippen LogP contribution in [0.15, 0.2) is 67.3 Å². The van der Waals surface area contributed by atoms with Gasteiger partial charge in [0.2, 0.25) is 5.91 Å². The summed E-state index contributed by atoms with van der Waals surface area (Å²) in [6, 6.07) is 15.8. The summed E-state index contributed by atoms with van der Waals surface area (Å²) in [6.45, 7) is 4.14. The van der Waals surface area contributed by atoms with Gasteiger partial charge in [-0.05, 0) is 35.6 Å². The molecule has 0 saturated carbocycles. The van der Waals surface area contributed by atoms with Crippen LogP contribution in [-0.4, -0.2) is 68.7 Å². The van der Waals surface area contributed by atoms with E-state index in [1.54, 1.807) is 17.2 Å². The SMILES string of the molecule is COC(=O)N[C@H](C(=O)NC(Cc1ccccc1)C(O)CN(N)Cc1ccc(-n2cnnc2)cc1)C(C)C. The Hall–Kier alpha value is -3.80. The zero-order chi connectivity index (χ0) is 26.8. The number of hydrogen-bond donors (Lipinski definition) is 4. The summed E-state index contributed by atoms with van der Waals surface area (Å²) >= 11 is 0. The second kappa shape index (κ2) is 13.5. The number of carbonyl (C=O) groups is 2. The Kier molecular flexibility index (Phi) is 10.1. The normalized spacial score (nSPS) is 13.7. The maximum Gasteiger partial charge on any atom is 0.407 e. The molecule has 2 aromatic carbocycles. The lowest BCUT2D eigenvalue weighted by molar-refractivity contribution is -0.125. The molecule has 0 spiro atoms. The molecule has 3 rings (SSSR count). The van der Waals surface area contributed by atoms with E-state index in [2.05, 4.69) is 25.6 Å². The molecule has 1 heterocycles. The van der Waals surface area contributed by atoms with E-state index in [1.165, 1.54) is 12.1 Å². The van der Waals surface area contributed by atoms with Crippen molar-refractivity contribution in [2.75, 3.05) is 13.7 Å². The summed E-state index contributed by atoms with van der Waals surface area (Å²) in [5.41, 5.74) is 2.82. The topological polar surface area (TPSA) is 148 Å². The first-order valence-corrected chi connectivity index (χ1v) is 12.1. The largest absolute Gasteiger partial charge is 0.453 e. The number of ether oxygens (including phenoxy) is 1. The van der Waals surface area contributed by atoms with E-state index in [1.807, 2.05) is 68.4 Å². The lowest BCUT2D eigenvalue weighted by atomic mass is 9.98. The first kappa shape index (κ1) is 27.8. The highest BCUT2D eigenvalue weighted by atomic mass is 16.5. The van der Waals surface area contributed by atoms with Gasteiger partial charge in [-0.3, -0.25) is 15.2 Å². The average Bonchev–Trinajstić information content (AvgIpc) is 3.42. The molecule has 0 aliphatic heterocycles. The molecule has 3 atom stereocenters. The van der Waals surface area contributed by atoms with Crippen molar-refractivity contribution in [1.82, 2.24) is 30.4 Å². The van der Waals surface area contributed by atoms with E-state index in [0.29, 0.717) is 13.0 Å². The van der Waals surface area contributed by atoms with Crippen LogP contribution in [0.25, 0.3) is 5.69 Å². The molecule has 3 aromatic rings. The van der Waals surface area contributed by atoms with Gasteiger partial charge >= 0.3 is 6.09 Å². The Morgan fingerprint density at radius 2 is 1.68 bits per heavy atom. The minimum Gasteiger partial charge on any atom is -0.453 e. The van der Waals surface area contributed by atoms with Crippen molar-refractivity contribution in [3.8, 4) is 5.69 Å². The van der Waals surface area contributed by atoms with Crippen LogP contribution in [0.3, 0.4) is 0 Å². The molecule has 1 aromatic heterocycles. The van der Waals surface area contributed by atoms with Gasteiger partial charge in [0.05, 0.1) is 19.3 Å². The Labute approximate surface area is 216 Å². The van der Waals surface area contributed by atoms with Gasteiger partial charge in [0.15, 0.2) is 0 Å². The minimum absolute atomic E-state index is 0.113. The molecule has 5 N–H and O–H groups in total. The van der Waals surface area contributed by atoms with Crippen molar-refractivity contribution in [2.24, 2.45) is 11.8 Å². The van der Waals surface area contributed by atoms with E-state index < -0.39 is 30.2 Å². The molecule has 2 unspecified atom stereocenters. The molecule has 2 amide bonds. The number of aliphatic hydroxyl groups excluding tert-OH is 1. The number of amides is 2. The number of carbonyl (C=O) groups excluding carboxylic acids is 2. The second-order valence-electron chi connectivity index (χ2n) is 9.19. The van der Waals surface area contributed by atoms with Crippen LogP contribution in [-0.2, 0) is 22.5 Å². The van der Waals surface area contributed by atoms with E-state index in [-0.39, 0.29) is 12.5 Å². The molecule has 0 bridgehead atoms. The number of alkyl carbamates (subject to hydrolysis) is 1. The summed E-state index contributed by atoms with van der Waals surface area (Å²) in [5.74, 6) is 5.65. The van der Waals surface area contributed by atoms with Gasteiger partial charge in [-0.1, -0.05) is 56.3 Å². The Balaban J connectivity index is 1.67. The molecule has 0 aliphatic rings. The van der Waals surface area contributed by atoms with Crippen LogP contribution in [0.5, 0.6) is 0 Å². The van der Waals surface area contributed by atoms with Crippen molar-refractivity contribution >= 4 is 12.0 Å². The monoisotopic (exact) mass is 509 g/mol. The fraction of sp³-hybridized carbons (Fsp3) is 0.385. The average molecular weight is 510 g/mol. The fourth-order valence-electron chi connectivity index (χ4n) is 3.92. The quantitative estimate of drug-likeness (QED) is 0.212. The van der Waals surface area contributed by atoms with Crippen LogP contribution in [0.4, 0.5) is 4.79 Å². The van der Waals surface area contributed by atoms with Crippen LogP contribution in [0.2, 0.25) is 0 Å². The Bertz CT molecular complexity index is 1110. The van der Waals surface area contributed by atoms with E-state index in [9.17, 15) is 14.7 Å². The third kappa shape index (κ3) is 8.38. The van der Waals surface area contributed by atoms with E-state index in [0.717, 1.165) is 16.8 Å². The molecule has 0 radical (unpaired) electrons. The Morgan fingerprint density at radius 1 is 1.03 bits per heavy atom. The summed E-state index contributed by atoms with van der Waals surface area (Å²) in [4.78, 5) is 24.9. The number of rotatable bonds is 12. The third-order valence-electron chi connectivity index (χ3n) is 5.96. The van der Waals surface area contributed by atoms with Gasteiger partial charge < -0.3 is 20.5 Å². The number of hydrazine groups is 1. The molecule has 11 nitrogen and oxygen atoms in total. The molecular formula is C26H35N7O4.